The van der Waals surface area contributed by atoms with Gasteiger partial charge in [0.15, 0.2) is 0 Å². The largest absolute Gasteiger partial charge is 0.495 e. The lowest BCUT2D eigenvalue weighted by molar-refractivity contribution is -0.122. The first-order chi connectivity index (χ1) is 12.8. The number of anilines is 2. The van der Waals surface area contributed by atoms with E-state index in [-0.39, 0.29) is 18.4 Å². The van der Waals surface area contributed by atoms with Crippen LogP contribution in [0.2, 0.25) is 5.02 Å². The SMILES string of the molecule is COc1ccc(Cl)cc1NC(=O)[C@@H](C)N(C)CC(=O)Nc1ccc(C)cc1. The highest BCUT2D eigenvalue weighted by Gasteiger charge is 2.21. The van der Waals surface area contributed by atoms with E-state index in [4.69, 9.17) is 16.3 Å². The van der Waals surface area contributed by atoms with Crippen molar-refractivity contribution >= 4 is 34.8 Å². The summed E-state index contributed by atoms with van der Waals surface area (Å²) in [5, 5.41) is 6.10. The van der Waals surface area contributed by atoms with Crippen LogP contribution in [0.4, 0.5) is 11.4 Å². The number of nitrogens with zero attached hydrogens (tertiary/aromatic N) is 1. The molecule has 0 aliphatic carbocycles. The summed E-state index contributed by atoms with van der Waals surface area (Å²) in [7, 11) is 3.23. The van der Waals surface area contributed by atoms with Crippen molar-refractivity contribution in [3.63, 3.8) is 0 Å². The number of carbonyl (C=O) groups is 2. The molecule has 2 N–H and O–H groups in total. The van der Waals surface area contributed by atoms with E-state index in [1.165, 1.54) is 7.11 Å². The zero-order valence-corrected chi connectivity index (χ0v) is 16.6. The number of nitrogens with one attached hydrogen (secondary N) is 2. The molecule has 0 aliphatic rings. The lowest BCUT2D eigenvalue weighted by Crippen LogP contribution is -2.43. The minimum atomic E-state index is -0.530. The Morgan fingerprint density at radius 3 is 2.44 bits per heavy atom. The van der Waals surface area contributed by atoms with Gasteiger partial charge >= 0.3 is 0 Å². The average Bonchev–Trinajstić information content (AvgIpc) is 2.63. The molecule has 2 amide bonds. The van der Waals surface area contributed by atoms with E-state index < -0.39 is 6.04 Å². The summed E-state index contributed by atoms with van der Waals surface area (Å²) in [6.07, 6.45) is 0. The first-order valence-corrected chi connectivity index (χ1v) is 8.89. The van der Waals surface area contributed by atoms with Crippen molar-refractivity contribution in [3.05, 3.63) is 53.1 Å². The summed E-state index contributed by atoms with van der Waals surface area (Å²) in [6.45, 7) is 3.79. The first-order valence-electron chi connectivity index (χ1n) is 8.51. The van der Waals surface area contributed by atoms with Crippen LogP contribution in [0.15, 0.2) is 42.5 Å². The molecule has 0 unspecified atom stereocenters. The second-order valence-electron chi connectivity index (χ2n) is 6.34. The maximum Gasteiger partial charge on any atom is 0.241 e. The van der Waals surface area contributed by atoms with Crippen molar-refractivity contribution in [2.45, 2.75) is 19.9 Å². The third-order valence-corrected chi connectivity index (χ3v) is 4.42. The molecule has 1 atom stereocenters. The number of ether oxygens (including phenoxy) is 1. The second kappa shape index (κ2) is 9.39. The molecule has 7 heteroatoms. The third kappa shape index (κ3) is 5.98. The fourth-order valence-corrected chi connectivity index (χ4v) is 2.59. The molecule has 2 aromatic rings. The number of aryl methyl sites for hydroxylation is 1. The highest BCUT2D eigenvalue weighted by molar-refractivity contribution is 6.31. The van der Waals surface area contributed by atoms with Crippen LogP contribution in [-0.2, 0) is 9.59 Å². The lowest BCUT2D eigenvalue weighted by Gasteiger charge is -2.23. The monoisotopic (exact) mass is 389 g/mol. The highest BCUT2D eigenvalue weighted by Crippen LogP contribution is 2.27. The van der Waals surface area contributed by atoms with Gasteiger partial charge < -0.3 is 15.4 Å². The summed E-state index contributed by atoms with van der Waals surface area (Å²) >= 11 is 5.98. The number of hydrogen-bond donors (Lipinski definition) is 2. The Labute approximate surface area is 164 Å². The number of halogens is 1. The lowest BCUT2D eigenvalue weighted by atomic mass is 10.2. The predicted molar refractivity (Wildman–Crippen MR) is 109 cm³/mol. The highest BCUT2D eigenvalue weighted by atomic mass is 35.5. The van der Waals surface area contributed by atoms with Gasteiger partial charge in [0.05, 0.1) is 25.4 Å². The fraction of sp³-hybridized carbons (Fsp3) is 0.300. The molecular weight excluding hydrogens is 366 g/mol. The first kappa shape index (κ1) is 20.7. The van der Waals surface area contributed by atoms with E-state index in [2.05, 4.69) is 10.6 Å². The van der Waals surface area contributed by atoms with Gasteiger partial charge in [-0.05, 0) is 51.2 Å². The molecule has 2 aromatic carbocycles. The van der Waals surface area contributed by atoms with E-state index in [0.29, 0.717) is 16.5 Å². The van der Waals surface area contributed by atoms with Gasteiger partial charge in [-0.15, -0.1) is 0 Å². The Hall–Kier alpha value is -2.57. The summed E-state index contributed by atoms with van der Waals surface area (Å²) in [5.74, 6) is 0.0576. The number of likely N-dealkylation sites (N-methyl/N-ethyl adjacent to an activating group) is 1. The summed E-state index contributed by atoms with van der Waals surface area (Å²) in [5.41, 5.74) is 2.32. The number of amides is 2. The number of hydrogen-bond acceptors (Lipinski definition) is 4. The standard InChI is InChI=1S/C20H24ClN3O3/c1-13-5-8-16(9-6-13)22-19(25)12-24(3)14(2)20(26)23-17-11-15(21)7-10-18(17)27-4/h5-11,14H,12H2,1-4H3,(H,22,25)(H,23,26)/t14-/m1/s1. The minimum absolute atomic E-state index is 0.0785. The number of methoxy groups -OCH3 is 1. The van der Waals surface area contributed by atoms with Gasteiger partial charge in [0.2, 0.25) is 11.8 Å². The van der Waals surface area contributed by atoms with E-state index >= 15 is 0 Å². The van der Waals surface area contributed by atoms with Crippen LogP contribution in [0.25, 0.3) is 0 Å². The van der Waals surface area contributed by atoms with Gasteiger partial charge in [-0.1, -0.05) is 29.3 Å². The molecule has 2 rings (SSSR count). The number of benzene rings is 2. The predicted octanol–water partition coefficient (Wildman–Crippen LogP) is 3.55. The van der Waals surface area contributed by atoms with Gasteiger partial charge in [0.1, 0.15) is 5.75 Å². The van der Waals surface area contributed by atoms with Gasteiger partial charge in [-0.25, -0.2) is 0 Å². The van der Waals surface area contributed by atoms with Crippen molar-refractivity contribution in [1.29, 1.82) is 0 Å². The third-order valence-electron chi connectivity index (χ3n) is 4.19. The molecule has 27 heavy (non-hydrogen) atoms. The van der Waals surface area contributed by atoms with Gasteiger partial charge in [0.25, 0.3) is 0 Å². The van der Waals surface area contributed by atoms with Crippen LogP contribution >= 0.6 is 11.6 Å². The fourth-order valence-electron chi connectivity index (χ4n) is 2.42. The quantitative estimate of drug-likeness (QED) is 0.759. The molecule has 0 bridgehead atoms. The topological polar surface area (TPSA) is 70.7 Å². The molecule has 0 aliphatic heterocycles. The van der Waals surface area contributed by atoms with Crippen molar-refractivity contribution < 1.29 is 14.3 Å². The van der Waals surface area contributed by atoms with E-state index in [1.807, 2.05) is 31.2 Å². The van der Waals surface area contributed by atoms with Crippen LogP contribution in [0.5, 0.6) is 5.75 Å². The zero-order chi connectivity index (χ0) is 20.0. The second-order valence-corrected chi connectivity index (χ2v) is 6.78. The molecule has 0 aromatic heterocycles. The van der Waals surface area contributed by atoms with Crippen molar-refractivity contribution in [3.8, 4) is 5.75 Å². The molecule has 144 valence electrons. The van der Waals surface area contributed by atoms with Crippen molar-refractivity contribution in [2.24, 2.45) is 0 Å². The van der Waals surface area contributed by atoms with Crippen molar-refractivity contribution in [2.75, 3.05) is 31.3 Å². The van der Waals surface area contributed by atoms with Gasteiger partial charge in [-0.3, -0.25) is 14.5 Å². The Morgan fingerprint density at radius 2 is 1.81 bits per heavy atom. The van der Waals surface area contributed by atoms with Crippen LogP contribution in [0.3, 0.4) is 0 Å². The van der Waals surface area contributed by atoms with Crippen LogP contribution in [0.1, 0.15) is 12.5 Å². The molecule has 0 fully saturated rings. The Kier molecular flexibility index (Phi) is 7.21. The number of carbonyl (C=O) groups excluding carboxylic acids is 2. The summed E-state index contributed by atoms with van der Waals surface area (Å²) in [6, 6.07) is 12.0. The average molecular weight is 390 g/mol. The molecule has 0 saturated heterocycles. The molecular formula is C20H24ClN3O3. The maximum absolute atomic E-state index is 12.5. The smallest absolute Gasteiger partial charge is 0.241 e. The van der Waals surface area contributed by atoms with Crippen molar-refractivity contribution in [1.82, 2.24) is 4.90 Å². The minimum Gasteiger partial charge on any atom is -0.495 e. The number of rotatable bonds is 7. The van der Waals surface area contributed by atoms with Gasteiger partial charge in [0, 0.05) is 10.7 Å². The maximum atomic E-state index is 12.5. The summed E-state index contributed by atoms with van der Waals surface area (Å²) < 4.78 is 5.23. The van der Waals surface area contributed by atoms with Crippen LogP contribution < -0.4 is 15.4 Å². The molecule has 0 radical (unpaired) electrons. The molecule has 0 spiro atoms. The van der Waals surface area contributed by atoms with E-state index in [0.717, 1.165) is 11.3 Å². The normalized spacial score (nSPS) is 11.8. The van der Waals surface area contributed by atoms with E-state index in [1.54, 1.807) is 37.1 Å². The van der Waals surface area contributed by atoms with Crippen LogP contribution in [-0.4, -0.2) is 43.5 Å². The Morgan fingerprint density at radius 1 is 1.15 bits per heavy atom. The Bertz CT molecular complexity index is 809. The Balaban J connectivity index is 1.94. The molecule has 0 heterocycles. The van der Waals surface area contributed by atoms with Gasteiger partial charge in [-0.2, -0.15) is 0 Å². The molecule has 6 nitrogen and oxygen atoms in total. The zero-order valence-electron chi connectivity index (χ0n) is 15.9. The van der Waals surface area contributed by atoms with E-state index in [9.17, 15) is 9.59 Å². The molecule has 0 saturated carbocycles. The van der Waals surface area contributed by atoms with Crippen LogP contribution in [0, 0.1) is 6.92 Å². The summed E-state index contributed by atoms with van der Waals surface area (Å²) in [4.78, 5) is 26.4.